The van der Waals surface area contributed by atoms with Gasteiger partial charge in [0.25, 0.3) is 0 Å². The second kappa shape index (κ2) is 7.16. The minimum absolute atomic E-state index is 0.0540. The van der Waals surface area contributed by atoms with Crippen LogP contribution in [-0.2, 0) is 14.2 Å². The molecule has 2 rings (SSSR count). The van der Waals surface area contributed by atoms with Gasteiger partial charge in [-0.3, -0.25) is 0 Å². The molecule has 2 aliphatic heterocycles. The summed E-state index contributed by atoms with van der Waals surface area (Å²) in [5.74, 6) is 1.24. The summed E-state index contributed by atoms with van der Waals surface area (Å²) in [6.45, 7) is 14.9. The minimum atomic E-state index is -0.421. The first-order chi connectivity index (χ1) is 10.3. The first-order valence-corrected chi connectivity index (χ1v) is 8.92. The van der Waals surface area contributed by atoms with E-state index in [0.29, 0.717) is 11.8 Å². The predicted octanol–water partition coefficient (Wildman–Crippen LogP) is 3.22. The van der Waals surface area contributed by atoms with E-state index in [4.69, 9.17) is 14.2 Å². The lowest BCUT2D eigenvalue weighted by atomic mass is 9.80. The highest BCUT2D eigenvalue weighted by atomic mass is 16.7. The van der Waals surface area contributed by atoms with Gasteiger partial charge in [0.15, 0.2) is 6.29 Å². The van der Waals surface area contributed by atoms with E-state index in [2.05, 4.69) is 41.5 Å². The van der Waals surface area contributed by atoms with E-state index in [1.165, 1.54) is 0 Å². The van der Waals surface area contributed by atoms with Crippen LogP contribution in [0.5, 0.6) is 0 Å². The van der Waals surface area contributed by atoms with Crippen LogP contribution in [-0.4, -0.2) is 41.9 Å². The molecule has 10 atom stereocenters. The Morgan fingerprint density at radius 1 is 0.818 bits per heavy atom. The molecule has 22 heavy (non-hydrogen) atoms. The van der Waals surface area contributed by atoms with Gasteiger partial charge in [-0.05, 0) is 38.0 Å². The van der Waals surface area contributed by atoms with E-state index in [9.17, 15) is 5.11 Å². The number of hydrogen-bond acceptors (Lipinski definition) is 4. The lowest BCUT2D eigenvalue weighted by Gasteiger charge is -2.48. The van der Waals surface area contributed by atoms with Crippen LogP contribution in [0, 0.1) is 23.7 Å². The molecule has 130 valence electrons. The van der Waals surface area contributed by atoms with Crippen molar-refractivity contribution in [2.75, 3.05) is 0 Å². The van der Waals surface area contributed by atoms with E-state index >= 15 is 0 Å². The topological polar surface area (TPSA) is 47.9 Å². The molecule has 2 aliphatic rings. The Labute approximate surface area is 135 Å². The molecule has 0 aliphatic carbocycles. The van der Waals surface area contributed by atoms with Gasteiger partial charge in [0.1, 0.15) is 0 Å². The molecule has 0 aromatic carbocycles. The Balaban J connectivity index is 2.10. The van der Waals surface area contributed by atoms with E-state index in [1.54, 1.807) is 0 Å². The van der Waals surface area contributed by atoms with Gasteiger partial charge < -0.3 is 19.3 Å². The van der Waals surface area contributed by atoms with Crippen molar-refractivity contribution in [3.8, 4) is 0 Å². The average Bonchev–Trinajstić information content (AvgIpc) is 2.50. The molecule has 0 saturated carbocycles. The third kappa shape index (κ3) is 3.35. The molecule has 0 aromatic rings. The Morgan fingerprint density at radius 2 is 1.45 bits per heavy atom. The molecular weight excluding hydrogens is 280 g/mol. The molecule has 2 saturated heterocycles. The van der Waals surface area contributed by atoms with Gasteiger partial charge in [-0.25, -0.2) is 0 Å². The zero-order valence-electron chi connectivity index (χ0n) is 15.2. The summed E-state index contributed by atoms with van der Waals surface area (Å²) in [6, 6.07) is 0. The third-order valence-electron chi connectivity index (χ3n) is 6.16. The molecule has 0 aromatic heterocycles. The van der Waals surface area contributed by atoms with E-state index in [-0.39, 0.29) is 42.5 Å². The quantitative estimate of drug-likeness (QED) is 0.869. The normalized spacial score (nSPS) is 53.5. The molecule has 4 nitrogen and oxygen atoms in total. The van der Waals surface area contributed by atoms with Crippen LogP contribution in [0.25, 0.3) is 0 Å². The highest BCUT2D eigenvalue weighted by molar-refractivity contribution is 4.89. The van der Waals surface area contributed by atoms with Crippen LogP contribution in [0.2, 0.25) is 0 Å². The highest BCUT2D eigenvalue weighted by Gasteiger charge is 2.45. The summed E-state index contributed by atoms with van der Waals surface area (Å²) in [6.07, 6.45) is 0.514. The monoisotopic (exact) mass is 314 g/mol. The molecule has 2 fully saturated rings. The first-order valence-electron chi connectivity index (χ1n) is 8.92. The van der Waals surface area contributed by atoms with Crippen LogP contribution in [0.3, 0.4) is 0 Å². The minimum Gasteiger partial charge on any atom is -0.390 e. The maximum absolute atomic E-state index is 10.2. The SMILES string of the molecule is CCC1O[C@H](C)C(C)[C@@H](C)[C@@H]1O[C@@H]1O[C@@H](C)[C@@H](O)C(C)C1C. The number of aliphatic hydroxyl groups is 1. The fourth-order valence-corrected chi connectivity index (χ4v) is 3.80. The molecule has 4 heteroatoms. The van der Waals surface area contributed by atoms with Gasteiger partial charge in [-0.1, -0.05) is 34.6 Å². The first kappa shape index (κ1) is 18.2. The predicted molar refractivity (Wildman–Crippen MR) is 86.5 cm³/mol. The fraction of sp³-hybridized carbons (Fsp3) is 1.00. The number of rotatable bonds is 3. The summed E-state index contributed by atoms with van der Waals surface area (Å²) in [5.41, 5.74) is 0. The van der Waals surface area contributed by atoms with Crippen molar-refractivity contribution < 1.29 is 19.3 Å². The molecule has 2 heterocycles. The summed E-state index contributed by atoms with van der Waals surface area (Å²) < 4.78 is 18.5. The maximum atomic E-state index is 10.2. The second-order valence-corrected chi connectivity index (χ2v) is 7.53. The van der Waals surface area contributed by atoms with Gasteiger partial charge in [0.2, 0.25) is 0 Å². The zero-order chi connectivity index (χ0) is 16.6. The standard InChI is InChI=1S/C18H34O4/c1-8-15-17(11(4)9(2)13(6)20-15)22-18-12(5)10(3)16(19)14(7)21-18/h9-19H,8H2,1-7H3/t9?,10?,11-,12?,13-,14+,15?,16+,17+,18+/m1/s1. The van der Waals surface area contributed by atoms with Gasteiger partial charge in [0.05, 0.1) is 30.5 Å². The van der Waals surface area contributed by atoms with Crippen molar-refractivity contribution in [2.24, 2.45) is 23.7 Å². The number of hydrogen-bond donors (Lipinski definition) is 1. The van der Waals surface area contributed by atoms with E-state index in [1.807, 2.05) is 6.92 Å². The molecule has 4 unspecified atom stereocenters. The molecule has 0 amide bonds. The van der Waals surface area contributed by atoms with Crippen molar-refractivity contribution in [2.45, 2.75) is 91.7 Å². The van der Waals surface area contributed by atoms with E-state index in [0.717, 1.165) is 6.42 Å². The van der Waals surface area contributed by atoms with Gasteiger partial charge >= 0.3 is 0 Å². The van der Waals surface area contributed by atoms with Crippen LogP contribution < -0.4 is 0 Å². The van der Waals surface area contributed by atoms with Gasteiger partial charge in [-0.2, -0.15) is 0 Å². The Morgan fingerprint density at radius 3 is 2.05 bits per heavy atom. The number of ether oxygens (including phenoxy) is 3. The lowest BCUT2D eigenvalue weighted by molar-refractivity contribution is -0.304. The smallest absolute Gasteiger partial charge is 0.161 e. The van der Waals surface area contributed by atoms with Crippen molar-refractivity contribution in [3.05, 3.63) is 0 Å². The van der Waals surface area contributed by atoms with Gasteiger partial charge in [0, 0.05) is 5.92 Å². The van der Waals surface area contributed by atoms with Crippen molar-refractivity contribution in [1.29, 1.82) is 0 Å². The van der Waals surface area contributed by atoms with Crippen molar-refractivity contribution in [3.63, 3.8) is 0 Å². The largest absolute Gasteiger partial charge is 0.390 e. The molecule has 0 radical (unpaired) electrons. The molecule has 1 N–H and O–H groups in total. The van der Waals surface area contributed by atoms with Crippen LogP contribution in [0.1, 0.15) is 54.9 Å². The summed E-state index contributed by atoms with van der Waals surface area (Å²) in [7, 11) is 0. The molecular formula is C18H34O4. The fourth-order valence-electron chi connectivity index (χ4n) is 3.80. The van der Waals surface area contributed by atoms with Crippen molar-refractivity contribution >= 4 is 0 Å². The maximum Gasteiger partial charge on any atom is 0.161 e. The van der Waals surface area contributed by atoms with Crippen LogP contribution >= 0.6 is 0 Å². The number of aliphatic hydroxyl groups excluding tert-OH is 1. The average molecular weight is 314 g/mol. The van der Waals surface area contributed by atoms with E-state index < -0.39 is 6.10 Å². The van der Waals surface area contributed by atoms with Crippen LogP contribution in [0.15, 0.2) is 0 Å². The Kier molecular flexibility index (Phi) is 5.92. The Hall–Kier alpha value is -0.160. The highest BCUT2D eigenvalue weighted by Crippen LogP contribution is 2.38. The van der Waals surface area contributed by atoms with Gasteiger partial charge in [-0.15, -0.1) is 0 Å². The molecule has 0 spiro atoms. The molecule has 0 bridgehead atoms. The summed E-state index contributed by atoms with van der Waals surface area (Å²) >= 11 is 0. The summed E-state index contributed by atoms with van der Waals surface area (Å²) in [5, 5.41) is 10.2. The zero-order valence-corrected chi connectivity index (χ0v) is 15.2. The van der Waals surface area contributed by atoms with Crippen molar-refractivity contribution in [1.82, 2.24) is 0 Å². The lowest BCUT2D eigenvalue weighted by Crippen LogP contribution is -2.55. The third-order valence-corrected chi connectivity index (χ3v) is 6.16. The second-order valence-electron chi connectivity index (χ2n) is 7.53. The van der Waals surface area contributed by atoms with Crippen LogP contribution in [0.4, 0.5) is 0 Å². The Bertz CT molecular complexity index is 359. The summed E-state index contributed by atoms with van der Waals surface area (Å²) in [4.78, 5) is 0.